The second kappa shape index (κ2) is 6.08. The van der Waals surface area contributed by atoms with Gasteiger partial charge in [0, 0.05) is 22.4 Å². The molecule has 4 nitrogen and oxygen atoms in total. The molecule has 1 aliphatic carbocycles. The molecule has 1 saturated carbocycles. The summed E-state index contributed by atoms with van der Waals surface area (Å²) in [5.74, 6) is 0. The molecular formula is C14H15BrN2O2S2. The van der Waals surface area contributed by atoms with E-state index in [0.717, 1.165) is 5.56 Å². The van der Waals surface area contributed by atoms with Crippen molar-refractivity contribution in [3.8, 4) is 0 Å². The van der Waals surface area contributed by atoms with Gasteiger partial charge in [0.25, 0.3) is 10.0 Å². The van der Waals surface area contributed by atoms with Crippen molar-refractivity contribution in [2.24, 2.45) is 0 Å². The third-order valence-electron chi connectivity index (χ3n) is 3.23. The van der Waals surface area contributed by atoms with Crippen molar-refractivity contribution in [2.45, 2.75) is 30.3 Å². The molecule has 0 saturated heterocycles. The van der Waals surface area contributed by atoms with Gasteiger partial charge in [-0.15, -0.1) is 0 Å². The summed E-state index contributed by atoms with van der Waals surface area (Å²) < 4.78 is 28.1. The van der Waals surface area contributed by atoms with Crippen LogP contribution in [0.15, 0.2) is 44.4 Å². The van der Waals surface area contributed by atoms with Gasteiger partial charge in [-0.1, -0.05) is 6.07 Å². The van der Waals surface area contributed by atoms with Crippen LogP contribution in [-0.4, -0.2) is 14.5 Å². The highest BCUT2D eigenvalue weighted by atomic mass is 79.9. The molecule has 0 aliphatic heterocycles. The molecule has 0 unspecified atom stereocenters. The summed E-state index contributed by atoms with van der Waals surface area (Å²) in [5, 5.41) is 6.99. The zero-order valence-electron chi connectivity index (χ0n) is 11.2. The van der Waals surface area contributed by atoms with E-state index in [1.54, 1.807) is 23.6 Å². The van der Waals surface area contributed by atoms with E-state index in [9.17, 15) is 8.42 Å². The predicted octanol–water partition coefficient (Wildman–Crippen LogP) is 3.56. The maximum absolute atomic E-state index is 12.5. The van der Waals surface area contributed by atoms with Gasteiger partial charge in [-0.2, -0.15) is 11.3 Å². The van der Waals surface area contributed by atoms with Crippen molar-refractivity contribution in [2.75, 3.05) is 4.72 Å². The SMILES string of the molecule is O=S(=O)(Nc1ccsc1)c1cc(CNC2CC2)ccc1Br. The van der Waals surface area contributed by atoms with Crippen molar-refractivity contribution in [3.63, 3.8) is 0 Å². The van der Waals surface area contributed by atoms with E-state index >= 15 is 0 Å². The van der Waals surface area contributed by atoms with Gasteiger partial charge in [0.2, 0.25) is 0 Å². The minimum atomic E-state index is -3.58. The first-order valence-corrected chi connectivity index (χ1v) is 9.83. The number of rotatable bonds is 6. The number of thiophene rings is 1. The number of benzene rings is 1. The summed E-state index contributed by atoms with van der Waals surface area (Å²) in [4.78, 5) is 0.267. The molecule has 3 rings (SSSR count). The van der Waals surface area contributed by atoms with Crippen molar-refractivity contribution in [1.82, 2.24) is 5.32 Å². The fraction of sp³-hybridized carbons (Fsp3) is 0.286. The van der Waals surface area contributed by atoms with Crippen LogP contribution in [0.3, 0.4) is 0 Å². The van der Waals surface area contributed by atoms with Crippen LogP contribution >= 0.6 is 27.3 Å². The van der Waals surface area contributed by atoms with Gasteiger partial charge < -0.3 is 5.32 Å². The molecule has 0 bridgehead atoms. The Morgan fingerprint density at radius 3 is 2.76 bits per heavy atom. The second-order valence-electron chi connectivity index (χ2n) is 5.04. The molecule has 1 aromatic carbocycles. The van der Waals surface area contributed by atoms with Crippen LogP contribution < -0.4 is 10.0 Å². The Morgan fingerprint density at radius 1 is 1.29 bits per heavy atom. The molecule has 1 fully saturated rings. The van der Waals surface area contributed by atoms with Crippen LogP contribution in [0.4, 0.5) is 5.69 Å². The van der Waals surface area contributed by atoms with Gasteiger partial charge in [-0.25, -0.2) is 8.42 Å². The molecule has 112 valence electrons. The largest absolute Gasteiger partial charge is 0.310 e. The molecular weight excluding hydrogens is 372 g/mol. The lowest BCUT2D eigenvalue weighted by Gasteiger charge is -2.11. The molecule has 1 heterocycles. The monoisotopic (exact) mass is 386 g/mol. The van der Waals surface area contributed by atoms with Crippen LogP contribution in [0, 0.1) is 0 Å². The summed E-state index contributed by atoms with van der Waals surface area (Å²) in [6, 6.07) is 7.77. The van der Waals surface area contributed by atoms with Crippen molar-refractivity contribution in [1.29, 1.82) is 0 Å². The Bertz CT molecular complexity index is 725. The average Bonchev–Trinajstić information content (AvgIpc) is 3.14. The minimum Gasteiger partial charge on any atom is -0.310 e. The number of halogens is 1. The minimum absolute atomic E-state index is 0.267. The van der Waals surface area contributed by atoms with Crippen molar-refractivity contribution < 1.29 is 8.42 Å². The Morgan fingerprint density at radius 2 is 2.10 bits per heavy atom. The highest BCUT2D eigenvalue weighted by molar-refractivity contribution is 9.10. The normalized spacial score (nSPS) is 15.1. The Balaban J connectivity index is 1.83. The van der Waals surface area contributed by atoms with Crippen molar-refractivity contribution >= 4 is 43.0 Å². The molecule has 0 amide bonds. The van der Waals surface area contributed by atoms with E-state index in [1.165, 1.54) is 24.2 Å². The van der Waals surface area contributed by atoms with Crippen LogP contribution in [0.25, 0.3) is 0 Å². The first kappa shape index (κ1) is 15.0. The van der Waals surface area contributed by atoms with E-state index in [0.29, 0.717) is 22.7 Å². The van der Waals surface area contributed by atoms with Gasteiger partial charge in [0.1, 0.15) is 4.90 Å². The van der Waals surface area contributed by atoms with Gasteiger partial charge in [0.05, 0.1) is 5.69 Å². The van der Waals surface area contributed by atoms with Crippen molar-refractivity contribution in [3.05, 3.63) is 45.1 Å². The first-order chi connectivity index (χ1) is 10.0. The molecule has 1 aromatic heterocycles. The topological polar surface area (TPSA) is 58.2 Å². The maximum atomic E-state index is 12.5. The smallest absolute Gasteiger partial charge is 0.263 e. The Labute approximate surface area is 136 Å². The number of hydrogen-bond donors (Lipinski definition) is 2. The average molecular weight is 387 g/mol. The lowest BCUT2D eigenvalue weighted by Crippen LogP contribution is -2.17. The standard InChI is InChI=1S/C14H15BrN2O2S2/c15-13-4-1-10(8-16-11-2-3-11)7-14(13)21(18,19)17-12-5-6-20-9-12/h1,4-7,9,11,16-17H,2-3,8H2. The van der Waals surface area contributed by atoms with Crippen LogP contribution in [0.2, 0.25) is 0 Å². The Kier molecular flexibility index (Phi) is 4.35. The van der Waals surface area contributed by atoms with E-state index in [4.69, 9.17) is 0 Å². The molecule has 1 aliphatic rings. The highest BCUT2D eigenvalue weighted by Gasteiger charge is 2.21. The molecule has 21 heavy (non-hydrogen) atoms. The van der Waals surface area contributed by atoms with Gasteiger partial charge >= 0.3 is 0 Å². The quantitative estimate of drug-likeness (QED) is 0.797. The number of anilines is 1. The lowest BCUT2D eigenvalue weighted by molar-refractivity contribution is 0.600. The zero-order chi connectivity index (χ0) is 14.9. The maximum Gasteiger partial charge on any atom is 0.263 e. The van der Waals surface area contributed by atoms with Gasteiger partial charge in [-0.05, 0) is 57.9 Å². The Hall–Kier alpha value is -0.890. The van der Waals surface area contributed by atoms with E-state index < -0.39 is 10.0 Å². The predicted molar refractivity (Wildman–Crippen MR) is 89.1 cm³/mol. The molecule has 7 heteroatoms. The molecule has 2 aromatic rings. The first-order valence-electron chi connectivity index (χ1n) is 6.61. The lowest BCUT2D eigenvalue weighted by atomic mass is 10.2. The van der Waals surface area contributed by atoms with Gasteiger partial charge in [-0.3, -0.25) is 4.72 Å². The summed E-state index contributed by atoms with van der Waals surface area (Å²) in [7, 11) is -3.58. The molecule has 2 N–H and O–H groups in total. The summed E-state index contributed by atoms with van der Waals surface area (Å²) >= 11 is 4.78. The summed E-state index contributed by atoms with van der Waals surface area (Å²) in [5.41, 5.74) is 1.56. The molecule has 0 radical (unpaired) electrons. The van der Waals surface area contributed by atoms with E-state index in [-0.39, 0.29) is 4.90 Å². The van der Waals surface area contributed by atoms with E-state index in [2.05, 4.69) is 26.0 Å². The third-order valence-corrected chi connectivity index (χ3v) is 6.29. The fourth-order valence-electron chi connectivity index (χ4n) is 1.95. The molecule has 0 spiro atoms. The van der Waals surface area contributed by atoms with Gasteiger partial charge in [0.15, 0.2) is 0 Å². The van der Waals surface area contributed by atoms with Crippen LogP contribution in [-0.2, 0) is 16.6 Å². The van der Waals surface area contributed by atoms with E-state index in [1.807, 2.05) is 11.4 Å². The highest BCUT2D eigenvalue weighted by Crippen LogP contribution is 2.27. The zero-order valence-corrected chi connectivity index (χ0v) is 14.4. The summed E-state index contributed by atoms with van der Waals surface area (Å²) in [6.07, 6.45) is 2.42. The third kappa shape index (κ3) is 3.85. The van der Waals surface area contributed by atoms with Crippen LogP contribution in [0.1, 0.15) is 18.4 Å². The number of nitrogens with one attached hydrogen (secondary N) is 2. The number of hydrogen-bond acceptors (Lipinski definition) is 4. The second-order valence-corrected chi connectivity index (χ2v) is 8.32. The number of sulfonamides is 1. The summed E-state index contributed by atoms with van der Waals surface area (Å²) in [6.45, 7) is 0.693. The van der Waals surface area contributed by atoms with Crippen LogP contribution in [0.5, 0.6) is 0 Å². The molecule has 0 atom stereocenters. The fourth-order valence-corrected chi connectivity index (χ4v) is 4.67.